The van der Waals surface area contributed by atoms with Crippen molar-refractivity contribution < 1.29 is 19.0 Å². The predicted octanol–water partition coefficient (Wildman–Crippen LogP) is 2.96. The predicted molar refractivity (Wildman–Crippen MR) is 86.3 cm³/mol. The van der Waals surface area contributed by atoms with Gasteiger partial charge in [0.15, 0.2) is 11.5 Å². The summed E-state index contributed by atoms with van der Waals surface area (Å²) in [6.07, 6.45) is 0. The largest absolute Gasteiger partial charge is 0.497 e. The van der Waals surface area contributed by atoms with Gasteiger partial charge < -0.3 is 19.5 Å². The van der Waals surface area contributed by atoms with Crippen LogP contribution in [0.15, 0.2) is 42.5 Å². The molecule has 1 aliphatic heterocycles. The Morgan fingerprint density at radius 3 is 2.48 bits per heavy atom. The highest BCUT2D eigenvalue weighted by Crippen LogP contribution is 2.30. The molecule has 5 nitrogen and oxygen atoms in total. The van der Waals surface area contributed by atoms with Crippen molar-refractivity contribution in [3.05, 3.63) is 53.6 Å². The first-order chi connectivity index (χ1) is 11.2. The fraction of sp³-hybridized carbons (Fsp3) is 0.278. The molecule has 0 saturated carbocycles. The molecule has 2 aromatic rings. The monoisotopic (exact) mass is 313 g/mol. The third-order valence-corrected chi connectivity index (χ3v) is 3.77. The molecule has 120 valence electrons. The first-order valence-electron chi connectivity index (χ1n) is 7.52. The van der Waals surface area contributed by atoms with E-state index in [0.29, 0.717) is 30.3 Å². The van der Waals surface area contributed by atoms with Gasteiger partial charge >= 0.3 is 0 Å². The third-order valence-electron chi connectivity index (χ3n) is 3.77. The number of methoxy groups -OCH3 is 1. The summed E-state index contributed by atoms with van der Waals surface area (Å²) in [6.45, 7) is 2.98. The van der Waals surface area contributed by atoms with Crippen molar-refractivity contribution in [2.45, 2.75) is 13.0 Å². The van der Waals surface area contributed by atoms with Crippen molar-refractivity contribution in [1.82, 2.24) is 5.32 Å². The minimum Gasteiger partial charge on any atom is -0.497 e. The van der Waals surface area contributed by atoms with Crippen LogP contribution in [0.4, 0.5) is 0 Å². The molecule has 1 N–H and O–H groups in total. The number of ether oxygens (including phenoxy) is 3. The Kier molecular flexibility index (Phi) is 4.37. The minimum absolute atomic E-state index is 0.110. The number of nitrogens with one attached hydrogen (secondary N) is 1. The summed E-state index contributed by atoms with van der Waals surface area (Å²) in [5.74, 6) is 1.93. The van der Waals surface area contributed by atoms with Crippen molar-refractivity contribution in [3.8, 4) is 17.2 Å². The quantitative estimate of drug-likeness (QED) is 0.943. The van der Waals surface area contributed by atoms with Crippen molar-refractivity contribution in [1.29, 1.82) is 0 Å². The first-order valence-corrected chi connectivity index (χ1v) is 7.52. The Hall–Kier alpha value is -2.69. The van der Waals surface area contributed by atoms with Crippen LogP contribution in [0.2, 0.25) is 0 Å². The van der Waals surface area contributed by atoms with Gasteiger partial charge in [0, 0.05) is 5.56 Å². The molecule has 0 saturated heterocycles. The van der Waals surface area contributed by atoms with Gasteiger partial charge in [-0.15, -0.1) is 0 Å². The Morgan fingerprint density at radius 2 is 1.78 bits per heavy atom. The van der Waals surface area contributed by atoms with Crippen LogP contribution in [0, 0.1) is 0 Å². The molecule has 0 spiro atoms. The van der Waals surface area contributed by atoms with Crippen molar-refractivity contribution in [3.63, 3.8) is 0 Å². The van der Waals surface area contributed by atoms with Gasteiger partial charge in [-0.05, 0) is 42.8 Å². The average molecular weight is 313 g/mol. The lowest BCUT2D eigenvalue weighted by Gasteiger charge is -2.19. The number of fused-ring (bicyclic) bond motifs is 1. The molecule has 1 heterocycles. The Morgan fingerprint density at radius 1 is 1.09 bits per heavy atom. The smallest absolute Gasteiger partial charge is 0.251 e. The summed E-state index contributed by atoms with van der Waals surface area (Å²) < 4.78 is 16.1. The molecular formula is C18H19NO4. The number of carbonyl (C=O) groups excluding carboxylic acids is 1. The van der Waals surface area contributed by atoms with Crippen LogP contribution in [0.1, 0.15) is 28.9 Å². The molecule has 1 aliphatic rings. The van der Waals surface area contributed by atoms with E-state index < -0.39 is 0 Å². The van der Waals surface area contributed by atoms with Crippen molar-refractivity contribution >= 4 is 5.91 Å². The summed E-state index contributed by atoms with van der Waals surface area (Å²) in [7, 11) is 1.63. The molecule has 5 heteroatoms. The molecule has 3 rings (SSSR count). The molecule has 2 aromatic carbocycles. The van der Waals surface area contributed by atoms with Gasteiger partial charge in [-0.3, -0.25) is 4.79 Å². The molecule has 1 atom stereocenters. The molecule has 0 aliphatic carbocycles. The van der Waals surface area contributed by atoms with Gasteiger partial charge in [-0.2, -0.15) is 0 Å². The zero-order chi connectivity index (χ0) is 16.2. The average Bonchev–Trinajstić information content (AvgIpc) is 2.61. The van der Waals surface area contributed by atoms with E-state index in [2.05, 4.69) is 5.32 Å². The molecule has 1 amide bonds. The lowest BCUT2D eigenvalue weighted by atomic mass is 10.1. The molecule has 0 radical (unpaired) electrons. The van der Waals surface area contributed by atoms with E-state index in [0.717, 1.165) is 11.3 Å². The van der Waals surface area contributed by atoms with Gasteiger partial charge in [0.2, 0.25) is 0 Å². The van der Waals surface area contributed by atoms with Crippen molar-refractivity contribution in [2.75, 3.05) is 20.3 Å². The third kappa shape index (κ3) is 3.39. The topological polar surface area (TPSA) is 56.8 Å². The zero-order valence-corrected chi connectivity index (χ0v) is 13.2. The van der Waals surface area contributed by atoms with Gasteiger partial charge in [0.1, 0.15) is 19.0 Å². The highest BCUT2D eigenvalue weighted by Gasteiger charge is 2.16. The second-order valence-corrected chi connectivity index (χ2v) is 5.33. The van der Waals surface area contributed by atoms with Crippen LogP contribution in [-0.2, 0) is 0 Å². The Balaban J connectivity index is 1.70. The fourth-order valence-electron chi connectivity index (χ4n) is 2.44. The molecular weight excluding hydrogens is 294 g/mol. The van der Waals surface area contributed by atoms with E-state index in [1.165, 1.54) is 0 Å². The summed E-state index contributed by atoms with van der Waals surface area (Å²) >= 11 is 0. The first kappa shape index (κ1) is 15.2. The van der Waals surface area contributed by atoms with Crippen LogP contribution >= 0.6 is 0 Å². The molecule has 0 bridgehead atoms. The van der Waals surface area contributed by atoms with E-state index in [1.54, 1.807) is 25.3 Å². The zero-order valence-electron chi connectivity index (χ0n) is 13.2. The normalized spacial score (nSPS) is 14.0. The van der Waals surface area contributed by atoms with Crippen LogP contribution in [0.25, 0.3) is 0 Å². The van der Waals surface area contributed by atoms with Gasteiger partial charge in [0.25, 0.3) is 5.91 Å². The van der Waals surface area contributed by atoms with E-state index in [9.17, 15) is 4.79 Å². The number of benzene rings is 2. The second-order valence-electron chi connectivity index (χ2n) is 5.33. The molecule has 0 unspecified atom stereocenters. The van der Waals surface area contributed by atoms with Crippen LogP contribution in [0.5, 0.6) is 17.2 Å². The van der Waals surface area contributed by atoms with Crippen LogP contribution < -0.4 is 19.5 Å². The Labute approximate surface area is 135 Å². The number of carbonyl (C=O) groups is 1. The second kappa shape index (κ2) is 6.60. The standard InChI is InChI=1S/C18H19NO4/c1-12(13-3-6-15(21-2)7-4-13)19-18(20)14-5-8-16-17(11-14)23-10-9-22-16/h3-8,11-12H,9-10H2,1-2H3,(H,19,20)/t12-/m1/s1. The lowest BCUT2D eigenvalue weighted by molar-refractivity contribution is 0.0938. The highest BCUT2D eigenvalue weighted by molar-refractivity contribution is 5.95. The highest BCUT2D eigenvalue weighted by atomic mass is 16.6. The maximum atomic E-state index is 12.4. The number of hydrogen-bond acceptors (Lipinski definition) is 4. The molecule has 23 heavy (non-hydrogen) atoms. The van der Waals surface area contributed by atoms with E-state index >= 15 is 0 Å². The lowest BCUT2D eigenvalue weighted by Crippen LogP contribution is -2.27. The number of hydrogen-bond donors (Lipinski definition) is 1. The SMILES string of the molecule is COc1ccc([C@@H](C)NC(=O)c2ccc3c(c2)OCCO3)cc1. The van der Waals surface area contributed by atoms with Crippen LogP contribution in [0.3, 0.4) is 0 Å². The van der Waals surface area contributed by atoms with Gasteiger partial charge in [-0.25, -0.2) is 0 Å². The van der Waals surface area contributed by atoms with E-state index in [-0.39, 0.29) is 11.9 Å². The van der Waals surface area contributed by atoms with E-state index in [4.69, 9.17) is 14.2 Å². The molecule has 0 aromatic heterocycles. The number of amides is 1. The maximum absolute atomic E-state index is 12.4. The summed E-state index contributed by atoms with van der Waals surface area (Å²) in [4.78, 5) is 12.4. The van der Waals surface area contributed by atoms with Gasteiger partial charge in [0.05, 0.1) is 13.2 Å². The van der Waals surface area contributed by atoms with Crippen LogP contribution in [-0.4, -0.2) is 26.2 Å². The summed E-state index contributed by atoms with van der Waals surface area (Å²) in [6, 6.07) is 12.7. The summed E-state index contributed by atoms with van der Waals surface area (Å²) in [5, 5.41) is 2.98. The number of rotatable bonds is 4. The van der Waals surface area contributed by atoms with Crippen molar-refractivity contribution in [2.24, 2.45) is 0 Å². The fourth-order valence-corrected chi connectivity index (χ4v) is 2.44. The summed E-state index contributed by atoms with van der Waals surface area (Å²) in [5.41, 5.74) is 1.56. The minimum atomic E-state index is -0.148. The maximum Gasteiger partial charge on any atom is 0.251 e. The van der Waals surface area contributed by atoms with Gasteiger partial charge in [-0.1, -0.05) is 12.1 Å². The molecule has 0 fully saturated rings. The Bertz CT molecular complexity index is 697. The van der Waals surface area contributed by atoms with E-state index in [1.807, 2.05) is 31.2 Å².